The van der Waals surface area contributed by atoms with Gasteiger partial charge in [0.25, 0.3) is 5.91 Å². The van der Waals surface area contributed by atoms with Crippen molar-refractivity contribution in [3.63, 3.8) is 0 Å². The third kappa shape index (κ3) is 3.38. The Labute approximate surface area is 121 Å². The van der Waals surface area contributed by atoms with Crippen molar-refractivity contribution < 1.29 is 14.3 Å². The molecule has 7 nitrogen and oxygen atoms in total. The summed E-state index contributed by atoms with van der Waals surface area (Å²) in [6.07, 6.45) is 1.65. The normalized spacial score (nSPS) is 11.7. The number of nitrogen functional groups attached to an aromatic ring is 1. The molecular weight excluding hydrogens is 272 g/mol. The summed E-state index contributed by atoms with van der Waals surface area (Å²) in [4.78, 5) is 23.2. The molecule has 0 aliphatic carbocycles. The third-order valence-electron chi connectivity index (χ3n) is 2.86. The molecule has 0 aliphatic heterocycles. The number of nitrogens with zero attached hydrogens (tertiary/aromatic N) is 2. The molecule has 0 fully saturated rings. The lowest BCUT2D eigenvalue weighted by Gasteiger charge is -2.09. The molecule has 0 saturated heterocycles. The molecule has 1 amide bonds. The first-order valence-electron chi connectivity index (χ1n) is 6.31. The Morgan fingerprint density at radius 3 is 2.81 bits per heavy atom. The lowest BCUT2D eigenvalue weighted by molar-refractivity contribution is -0.142. The highest BCUT2D eigenvalue weighted by Gasteiger charge is 2.18. The lowest BCUT2D eigenvalue weighted by Crippen LogP contribution is -2.39. The zero-order valence-electron chi connectivity index (χ0n) is 11.7. The van der Waals surface area contributed by atoms with E-state index in [9.17, 15) is 9.59 Å². The van der Waals surface area contributed by atoms with Crippen molar-refractivity contribution in [2.24, 2.45) is 0 Å². The number of methoxy groups -OCH3 is 1. The van der Waals surface area contributed by atoms with E-state index in [1.807, 2.05) is 6.07 Å². The number of ether oxygens (including phenoxy) is 1. The predicted molar refractivity (Wildman–Crippen MR) is 76.9 cm³/mol. The smallest absolute Gasteiger partial charge is 0.328 e. The summed E-state index contributed by atoms with van der Waals surface area (Å²) in [6, 6.07) is 7.94. The van der Waals surface area contributed by atoms with Crippen molar-refractivity contribution in [1.29, 1.82) is 0 Å². The maximum atomic E-state index is 12.0. The van der Waals surface area contributed by atoms with Crippen LogP contribution in [0.4, 0.5) is 5.69 Å². The van der Waals surface area contributed by atoms with Crippen LogP contribution < -0.4 is 11.1 Å². The molecule has 2 aromatic rings. The first-order valence-corrected chi connectivity index (χ1v) is 6.31. The van der Waals surface area contributed by atoms with E-state index in [2.05, 4.69) is 15.2 Å². The van der Waals surface area contributed by atoms with Crippen LogP contribution in [0.25, 0.3) is 5.69 Å². The number of hydrogen-bond acceptors (Lipinski definition) is 5. The van der Waals surface area contributed by atoms with E-state index in [4.69, 9.17) is 5.73 Å². The minimum atomic E-state index is -0.736. The van der Waals surface area contributed by atoms with Crippen molar-refractivity contribution >= 4 is 17.6 Å². The summed E-state index contributed by atoms with van der Waals surface area (Å²) in [6.45, 7) is 1.54. The van der Waals surface area contributed by atoms with Gasteiger partial charge in [-0.15, -0.1) is 0 Å². The van der Waals surface area contributed by atoms with E-state index in [1.54, 1.807) is 37.4 Å². The molecular formula is C14H16N4O3. The van der Waals surface area contributed by atoms with Crippen LogP contribution in [-0.4, -0.2) is 34.8 Å². The zero-order chi connectivity index (χ0) is 15.4. The molecule has 0 bridgehead atoms. The second kappa shape index (κ2) is 6.08. The molecule has 2 rings (SSSR count). The van der Waals surface area contributed by atoms with Crippen LogP contribution in [0.5, 0.6) is 0 Å². The van der Waals surface area contributed by atoms with E-state index < -0.39 is 17.9 Å². The SMILES string of the molecule is COC(=O)C(C)NC(=O)c1ccn(-c2cccc(N)c2)n1. The standard InChI is InChI=1S/C14H16N4O3/c1-9(14(20)21-2)16-13(19)12-6-7-18(17-12)11-5-3-4-10(15)8-11/h3-9H,15H2,1-2H3,(H,16,19). The Balaban J connectivity index is 2.13. The Bertz CT molecular complexity index is 666. The second-order valence-electron chi connectivity index (χ2n) is 4.46. The Morgan fingerprint density at radius 1 is 1.38 bits per heavy atom. The fraction of sp³-hybridized carbons (Fsp3) is 0.214. The summed E-state index contributed by atoms with van der Waals surface area (Å²) in [5.74, 6) is -0.964. The van der Waals surface area contributed by atoms with Crippen LogP contribution in [0.15, 0.2) is 36.5 Å². The lowest BCUT2D eigenvalue weighted by atomic mass is 10.3. The van der Waals surface area contributed by atoms with Crippen LogP contribution >= 0.6 is 0 Å². The van der Waals surface area contributed by atoms with Gasteiger partial charge in [0.05, 0.1) is 12.8 Å². The summed E-state index contributed by atoms with van der Waals surface area (Å²) in [7, 11) is 1.26. The molecule has 1 heterocycles. The number of amides is 1. The molecule has 21 heavy (non-hydrogen) atoms. The minimum Gasteiger partial charge on any atom is -0.467 e. The molecule has 1 aromatic carbocycles. The van der Waals surface area contributed by atoms with Crippen molar-refractivity contribution in [1.82, 2.24) is 15.1 Å². The van der Waals surface area contributed by atoms with Crippen LogP contribution in [0.3, 0.4) is 0 Å². The number of carbonyl (C=O) groups excluding carboxylic acids is 2. The maximum absolute atomic E-state index is 12.0. The first-order chi connectivity index (χ1) is 10.0. The Kier molecular flexibility index (Phi) is 4.22. The number of hydrogen-bond donors (Lipinski definition) is 2. The number of carbonyl (C=O) groups is 2. The van der Waals surface area contributed by atoms with Crippen molar-refractivity contribution in [3.05, 3.63) is 42.2 Å². The number of esters is 1. The van der Waals surface area contributed by atoms with E-state index >= 15 is 0 Å². The summed E-state index contributed by atoms with van der Waals surface area (Å²) >= 11 is 0. The third-order valence-corrected chi connectivity index (χ3v) is 2.86. The number of rotatable bonds is 4. The molecule has 0 aliphatic rings. The van der Waals surface area contributed by atoms with Crippen LogP contribution in [0.1, 0.15) is 17.4 Å². The van der Waals surface area contributed by atoms with Crippen molar-refractivity contribution in [2.45, 2.75) is 13.0 Å². The van der Waals surface area contributed by atoms with Crippen LogP contribution in [0.2, 0.25) is 0 Å². The first kappa shape index (κ1) is 14.6. The quantitative estimate of drug-likeness (QED) is 0.638. The fourth-order valence-electron chi connectivity index (χ4n) is 1.76. The summed E-state index contributed by atoms with van der Waals surface area (Å²) in [5, 5.41) is 6.67. The van der Waals surface area contributed by atoms with Gasteiger partial charge in [0.2, 0.25) is 0 Å². The highest BCUT2D eigenvalue weighted by atomic mass is 16.5. The van der Waals surface area contributed by atoms with Gasteiger partial charge in [-0.05, 0) is 31.2 Å². The van der Waals surface area contributed by atoms with Gasteiger partial charge in [-0.1, -0.05) is 6.07 Å². The van der Waals surface area contributed by atoms with Crippen molar-refractivity contribution in [2.75, 3.05) is 12.8 Å². The van der Waals surface area contributed by atoms with Gasteiger partial charge in [0, 0.05) is 11.9 Å². The maximum Gasteiger partial charge on any atom is 0.328 e. The average molecular weight is 288 g/mol. The zero-order valence-corrected chi connectivity index (χ0v) is 11.7. The van der Waals surface area contributed by atoms with Gasteiger partial charge in [-0.2, -0.15) is 5.10 Å². The van der Waals surface area contributed by atoms with Crippen LogP contribution in [-0.2, 0) is 9.53 Å². The minimum absolute atomic E-state index is 0.202. The van der Waals surface area contributed by atoms with Crippen molar-refractivity contribution in [3.8, 4) is 5.69 Å². The monoisotopic (exact) mass is 288 g/mol. The molecule has 1 unspecified atom stereocenters. The van der Waals surface area contributed by atoms with E-state index in [-0.39, 0.29) is 5.69 Å². The van der Waals surface area contributed by atoms with Gasteiger partial charge in [0.15, 0.2) is 5.69 Å². The molecule has 7 heteroatoms. The molecule has 1 atom stereocenters. The van der Waals surface area contributed by atoms with Gasteiger partial charge in [0.1, 0.15) is 6.04 Å². The highest BCUT2D eigenvalue weighted by molar-refractivity contribution is 5.95. The molecule has 1 aromatic heterocycles. The van der Waals surface area contributed by atoms with Gasteiger partial charge in [-0.3, -0.25) is 4.79 Å². The average Bonchev–Trinajstić information content (AvgIpc) is 2.96. The number of aromatic nitrogens is 2. The van der Waals surface area contributed by atoms with Crippen LogP contribution in [0, 0.1) is 0 Å². The molecule has 0 spiro atoms. The predicted octanol–water partition coefficient (Wildman–Crippen LogP) is 0.746. The van der Waals surface area contributed by atoms with E-state index in [1.165, 1.54) is 11.8 Å². The summed E-state index contributed by atoms with van der Waals surface area (Å²) in [5.41, 5.74) is 7.26. The van der Waals surface area contributed by atoms with Gasteiger partial charge < -0.3 is 15.8 Å². The number of nitrogens with one attached hydrogen (secondary N) is 1. The number of benzene rings is 1. The highest BCUT2D eigenvalue weighted by Crippen LogP contribution is 2.11. The topological polar surface area (TPSA) is 99.2 Å². The molecule has 0 saturated carbocycles. The molecule has 110 valence electrons. The number of nitrogens with two attached hydrogens (primary N) is 1. The molecule has 0 radical (unpaired) electrons. The van der Waals surface area contributed by atoms with Gasteiger partial charge in [-0.25, -0.2) is 9.48 Å². The Morgan fingerprint density at radius 2 is 2.14 bits per heavy atom. The van der Waals surface area contributed by atoms with E-state index in [0.717, 1.165) is 5.69 Å². The molecule has 3 N–H and O–H groups in total. The largest absolute Gasteiger partial charge is 0.467 e. The fourth-order valence-corrected chi connectivity index (χ4v) is 1.76. The second-order valence-corrected chi connectivity index (χ2v) is 4.46. The van der Waals surface area contributed by atoms with E-state index in [0.29, 0.717) is 5.69 Å². The number of anilines is 1. The summed E-state index contributed by atoms with van der Waals surface area (Å²) < 4.78 is 6.08. The van der Waals surface area contributed by atoms with Gasteiger partial charge >= 0.3 is 5.97 Å². The Hall–Kier alpha value is -2.83.